The second-order valence-corrected chi connectivity index (χ2v) is 5.01. The second-order valence-electron chi connectivity index (χ2n) is 3.07. The SMILES string of the molecule is CN1C(=O)CS/C1=C/C(=O)c1cccs1. The van der Waals surface area contributed by atoms with Crippen LogP contribution in [0, 0.1) is 0 Å². The molecule has 0 aliphatic carbocycles. The van der Waals surface area contributed by atoms with Crippen LogP contribution in [0.3, 0.4) is 0 Å². The summed E-state index contributed by atoms with van der Waals surface area (Å²) in [6.07, 6.45) is 1.53. The summed E-state index contributed by atoms with van der Waals surface area (Å²) in [4.78, 5) is 25.1. The fraction of sp³-hybridized carbons (Fsp3) is 0.200. The Morgan fingerprint density at radius 1 is 1.60 bits per heavy atom. The Morgan fingerprint density at radius 3 is 2.93 bits per heavy atom. The van der Waals surface area contributed by atoms with Crippen LogP contribution >= 0.6 is 23.1 Å². The van der Waals surface area contributed by atoms with E-state index in [-0.39, 0.29) is 11.7 Å². The van der Waals surface area contributed by atoms with E-state index in [9.17, 15) is 9.59 Å². The van der Waals surface area contributed by atoms with E-state index in [1.807, 2.05) is 11.4 Å². The Hall–Kier alpha value is -1.07. The summed E-state index contributed by atoms with van der Waals surface area (Å²) in [7, 11) is 1.69. The first-order valence-electron chi connectivity index (χ1n) is 4.37. The molecule has 0 bridgehead atoms. The highest BCUT2D eigenvalue weighted by atomic mass is 32.2. The molecule has 0 spiro atoms. The van der Waals surface area contributed by atoms with Crippen LogP contribution in [0.1, 0.15) is 9.67 Å². The van der Waals surface area contributed by atoms with Crippen LogP contribution in [0.15, 0.2) is 28.6 Å². The van der Waals surface area contributed by atoms with Crippen molar-refractivity contribution in [3.8, 4) is 0 Å². The van der Waals surface area contributed by atoms with E-state index in [4.69, 9.17) is 0 Å². The highest BCUT2D eigenvalue weighted by Gasteiger charge is 2.23. The summed E-state index contributed by atoms with van der Waals surface area (Å²) in [5, 5.41) is 2.60. The Kier molecular flexibility index (Phi) is 2.93. The van der Waals surface area contributed by atoms with Crippen LogP contribution in [0.4, 0.5) is 0 Å². The molecule has 1 fully saturated rings. The minimum Gasteiger partial charge on any atom is -0.309 e. The molecule has 1 aliphatic rings. The van der Waals surface area contributed by atoms with Crippen molar-refractivity contribution in [1.82, 2.24) is 4.90 Å². The summed E-state index contributed by atoms with van der Waals surface area (Å²) < 4.78 is 0. The summed E-state index contributed by atoms with van der Waals surface area (Å²) in [6.45, 7) is 0. The van der Waals surface area contributed by atoms with Crippen LogP contribution < -0.4 is 0 Å². The van der Waals surface area contributed by atoms with Gasteiger partial charge in [0, 0.05) is 13.1 Å². The number of hydrogen-bond acceptors (Lipinski definition) is 4. The molecule has 0 saturated carbocycles. The number of allylic oxidation sites excluding steroid dienone is 1. The van der Waals surface area contributed by atoms with Gasteiger partial charge in [0.05, 0.1) is 15.7 Å². The molecule has 0 atom stereocenters. The minimum atomic E-state index is -0.0333. The van der Waals surface area contributed by atoms with Gasteiger partial charge in [-0.3, -0.25) is 9.59 Å². The molecular formula is C10H9NO2S2. The first kappa shape index (κ1) is 10.4. The fourth-order valence-corrected chi connectivity index (χ4v) is 2.78. The minimum absolute atomic E-state index is 0.0333. The van der Waals surface area contributed by atoms with Crippen molar-refractivity contribution in [3.63, 3.8) is 0 Å². The summed E-state index contributed by atoms with van der Waals surface area (Å²) >= 11 is 2.82. The van der Waals surface area contributed by atoms with Gasteiger partial charge in [0.25, 0.3) is 0 Å². The number of thioether (sulfide) groups is 1. The third-order valence-electron chi connectivity index (χ3n) is 2.07. The third kappa shape index (κ3) is 2.13. The molecule has 78 valence electrons. The van der Waals surface area contributed by atoms with Gasteiger partial charge >= 0.3 is 0 Å². The second kappa shape index (κ2) is 4.20. The zero-order chi connectivity index (χ0) is 10.8. The Balaban J connectivity index is 2.18. The number of ketones is 1. The molecule has 0 aromatic carbocycles. The third-order valence-corrected chi connectivity index (χ3v) is 4.03. The van der Waals surface area contributed by atoms with Gasteiger partial charge in [0.1, 0.15) is 0 Å². The van der Waals surface area contributed by atoms with Gasteiger partial charge in [0.2, 0.25) is 5.91 Å². The molecule has 3 nitrogen and oxygen atoms in total. The Morgan fingerprint density at radius 2 is 2.40 bits per heavy atom. The molecule has 0 unspecified atom stereocenters. The molecule has 0 radical (unpaired) electrons. The van der Waals surface area contributed by atoms with Crippen molar-refractivity contribution in [2.45, 2.75) is 0 Å². The lowest BCUT2D eigenvalue weighted by atomic mass is 10.3. The van der Waals surface area contributed by atoms with Crippen LogP contribution in [-0.4, -0.2) is 29.4 Å². The van der Waals surface area contributed by atoms with Gasteiger partial charge in [-0.25, -0.2) is 0 Å². The number of nitrogens with zero attached hydrogens (tertiary/aromatic N) is 1. The van der Waals surface area contributed by atoms with E-state index in [1.54, 1.807) is 13.1 Å². The molecule has 1 amide bonds. The van der Waals surface area contributed by atoms with Crippen molar-refractivity contribution in [1.29, 1.82) is 0 Å². The van der Waals surface area contributed by atoms with E-state index >= 15 is 0 Å². The Bertz CT molecular complexity index is 423. The normalized spacial score (nSPS) is 18.9. The smallest absolute Gasteiger partial charge is 0.237 e. The van der Waals surface area contributed by atoms with Crippen molar-refractivity contribution < 1.29 is 9.59 Å². The number of amides is 1. The maximum atomic E-state index is 11.7. The molecular weight excluding hydrogens is 230 g/mol. The maximum absolute atomic E-state index is 11.7. The fourth-order valence-electron chi connectivity index (χ4n) is 1.19. The van der Waals surface area contributed by atoms with Gasteiger partial charge in [-0.2, -0.15) is 0 Å². The lowest BCUT2D eigenvalue weighted by Gasteiger charge is -2.07. The van der Waals surface area contributed by atoms with Crippen molar-refractivity contribution in [2.75, 3.05) is 12.8 Å². The zero-order valence-electron chi connectivity index (χ0n) is 8.10. The van der Waals surface area contributed by atoms with E-state index in [1.165, 1.54) is 34.1 Å². The number of rotatable bonds is 2. The Labute approximate surface area is 95.8 Å². The van der Waals surface area contributed by atoms with E-state index < -0.39 is 0 Å². The highest BCUT2D eigenvalue weighted by molar-refractivity contribution is 8.04. The number of carbonyl (C=O) groups excluding carboxylic acids is 2. The first-order valence-corrected chi connectivity index (χ1v) is 6.24. The largest absolute Gasteiger partial charge is 0.309 e. The maximum Gasteiger partial charge on any atom is 0.237 e. The van der Waals surface area contributed by atoms with Gasteiger partial charge in [-0.05, 0) is 11.4 Å². The van der Waals surface area contributed by atoms with Crippen molar-refractivity contribution in [3.05, 3.63) is 33.5 Å². The van der Waals surface area contributed by atoms with E-state index in [2.05, 4.69) is 0 Å². The zero-order valence-corrected chi connectivity index (χ0v) is 9.73. The molecule has 1 aromatic rings. The van der Waals surface area contributed by atoms with Crippen LogP contribution in [-0.2, 0) is 4.79 Å². The molecule has 2 heterocycles. The van der Waals surface area contributed by atoms with Crippen molar-refractivity contribution in [2.24, 2.45) is 0 Å². The average molecular weight is 239 g/mol. The molecule has 5 heteroatoms. The lowest BCUT2D eigenvalue weighted by Crippen LogP contribution is -2.19. The van der Waals surface area contributed by atoms with Gasteiger partial charge in [-0.1, -0.05) is 17.8 Å². The quantitative estimate of drug-likeness (QED) is 0.585. The molecule has 1 aliphatic heterocycles. The lowest BCUT2D eigenvalue weighted by molar-refractivity contribution is -0.124. The monoisotopic (exact) mass is 239 g/mol. The van der Waals surface area contributed by atoms with Crippen LogP contribution in [0.2, 0.25) is 0 Å². The topological polar surface area (TPSA) is 37.4 Å². The number of carbonyl (C=O) groups is 2. The van der Waals surface area contributed by atoms with E-state index in [0.717, 1.165) is 5.03 Å². The predicted molar refractivity (Wildman–Crippen MR) is 62.0 cm³/mol. The molecule has 1 aromatic heterocycles. The summed E-state index contributed by atoms with van der Waals surface area (Å²) in [5.41, 5.74) is 0. The van der Waals surface area contributed by atoms with Crippen LogP contribution in [0.5, 0.6) is 0 Å². The van der Waals surface area contributed by atoms with Gasteiger partial charge in [-0.15, -0.1) is 11.3 Å². The summed E-state index contributed by atoms with van der Waals surface area (Å²) in [6, 6.07) is 3.62. The number of hydrogen-bond donors (Lipinski definition) is 0. The molecule has 15 heavy (non-hydrogen) atoms. The van der Waals surface area contributed by atoms with E-state index in [0.29, 0.717) is 10.6 Å². The van der Waals surface area contributed by atoms with Gasteiger partial charge < -0.3 is 4.90 Å². The standard InChI is InChI=1S/C10H9NO2S2/c1-11-9(13)6-15-10(11)5-7(12)8-3-2-4-14-8/h2-5H,6H2,1H3/b10-5+. The van der Waals surface area contributed by atoms with Crippen molar-refractivity contribution >= 4 is 34.8 Å². The molecule has 2 rings (SSSR count). The first-order chi connectivity index (χ1) is 7.18. The molecule has 1 saturated heterocycles. The summed E-state index contributed by atoms with van der Waals surface area (Å²) in [5.74, 6) is 0.444. The molecule has 0 N–H and O–H groups in total. The predicted octanol–water partition coefficient (Wildman–Crippen LogP) is 1.98. The average Bonchev–Trinajstić information content (AvgIpc) is 2.83. The van der Waals surface area contributed by atoms with Crippen LogP contribution in [0.25, 0.3) is 0 Å². The number of thiophene rings is 1. The highest BCUT2D eigenvalue weighted by Crippen LogP contribution is 2.27. The van der Waals surface area contributed by atoms with Gasteiger partial charge in [0.15, 0.2) is 5.78 Å².